The number of nitrogens with zero attached hydrogens (tertiary/aromatic N) is 1. The largest absolute Gasteiger partial charge is 0.463 e. The molecule has 2 rings (SSSR count). The molecule has 0 atom stereocenters. The average Bonchev–Trinajstić information content (AvgIpc) is 2.70. The highest BCUT2D eigenvalue weighted by molar-refractivity contribution is 6.06. The van der Waals surface area contributed by atoms with Crippen molar-refractivity contribution >= 4 is 22.6 Å². The van der Waals surface area contributed by atoms with Crippen LogP contribution < -0.4 is 5.32 Å². The number of nitro benzene ring substituents is 1. The van der Waals surface area contributed by atoms with Crippen LogP contribution in [0.25, 0.3) is 11.0 Å². The molecule has 1 heterocycles. The third kappa shape index (κ3) is 1.50. The second-order valence-corrected chi connectivity index (χ2v) is 3.17. The van der Waals surface area contributed by atoms with Gasteiger partial charge in [0.15, 0.2) is 0 Å². The molecule has 0 spiro atoms. The van der Waals surface area contributed by atoms with E-state index in [1.54, 1.807) is 0 Å². The van der Waals surface area contributed by atoms with Crippen molar-refractivity contribution < 1.29 is 14.1 Å². The molecule has 82 valence electrons. The summed E-state index contributed by atoms with van der Waals surface area (Å²) in [5.41, 5.74) is 0.630. The lowest BCUT2D eigenvalue weighted by atomic mass is 10.1. The van der Waals surface area contributed by atoms with Crippen molar-refractivity contribution in [3.8, 4) is 0 Å². The van der Waals surface area contributed by atoms with Gasteiger partial charge in [0.25, 0.3) is 11.6 Å². The Labute approximate surface area is 90.0 Å². The van der Waals surface area contributed by atoms with Crippen LogP contribution in [0.4, 0.5) is 5.69 Å². The van der Waals surface area contributed by atoms with Crippen LogP contribution in [0.1, 0.15) is 10.4 Å². The van der Waals surface area contributed by atoms with E-state index in [0.717, 1.165) is 0 Å². The molecule has 1 aromatic carbocycles. The molecule has 0 unspecified atom stereocenters. The lowest BCUT2D eigenvalue weighted by Gasteiger charge is -1.95. The zero-order valence-electron chi connectivity index (χ0n) is 8.39. The molecule has 0 saturated heterocycles. The monoisotopic (exact) mass is 220 g/mol. The van der Waals surface area contributed by atoms with Crippen molar-refractivity contribution in [3.63, 3.8) is 0 Å². The summed E-state index contributed by atoms with van der Waals surface area (Å²) >= 11 is 0. The van der Waals surface area contributed by atoms with E-state index < -0.39 is 4.92 Å². The molecular formula is C10H8N2O4. The molecule has 6 heteroatoms. The van der Waals surface area contributed by atoms with E-state index in [2.05, 4.69) is 5.32 Å². The van der Waals surface area contributed by atoms with Crippen molar-refractivity contribution in [2.75, 3.05) is 7.05 Å². The number of rotatable bonds is 2. The van der Waals surface area contributed by atoms with Gasteiger partial charge in [-0.2, -0.15) is 0 Å². The summed E-state index contributed by atoms with van der Waals surface area (Å²) in [7, 11) is 1.51. The average molecular weight is 220 g/mol. The lowest BCUT2D eigenvalue weighted by molar-refractivity contribution is -0.384. The Morgan fingerprint density at radius 2 is 2.25 bits per heavy atom. The maximum atomic E-state index is 11.4. The maximum absolute atomic E-state index is 11.4. The lowest BCUT2D eigenvalue weighted by Crippen LogP contribution is -2.17. The van der Waals surface area contributed by atoms with E-state index in [9.17, 15) is 14.9 Å². The Morgan fingerprint density at radius 3 is 2.88 bits per heavy atom. The quantitative estimate of drug-likeness (QED) is 0.616. The highest BCUT2D eigenvalue weighted by Gasteiger charge is 2.15. The number of hydrogen-bond donors (Lipinski definition) is 1. The number of benzene rings is 1. The molecule has 2 aromatic rings. The summed E-state index contributed by atoms with van der Waals surface area (Å²) in [4.78, 5) is 21.4. The summed E-state index contributed by atoms with van der Waals surface area (Å²) in [5, 5.41) is 13.6. The number of nitrogens with one attached hydrogen (secondary N) is 1. The van der Waals surface area contributed by atoms with Crippen molar-refractivity contribution in [2.45, 2.75) is 0 Å². The highest BCUT2D eigenvalue weighted by atomic mass is 16.6. The second kappa shape index (κ2) is 3.65. The fraction of sp³-hybridized carbons (Fsp3) is 0.100. The van der Waals surface area contributed by atoms with Crippen LogP contribution in [0.3, 0.4) is 0 Å². The SMILES string of the molecule is CNC(=O)c1coc2cc([N+](=O)[O-])ccc12. The first-order chi connectivity index (χ1) is 7.63. The minimum Gasteiger partial charge on any atom is -0.463 e. The highest BCUT2D eigenvalue weighted by Crippen LogP contribution is 2.25. The number of fused-ring (bicyclic) bond motifs is 1. The van der Waals surface area contributed by atoms with Gasteiger partial charge in [-0.1, -0.05) is 0 Å². The Kier molecular flexibility index (Phi) is 2.32. The first kappa shape index (κ1) is 10.2. The van der Waals surface area contributed by atoms with E-state index in [0.29, 0.717) is 16.5 Å². The summed E-state index contributed by atoms with van der Waals surface area (Å²) in [6.07, 6.45) is 1.28. The Morgan fingerprint density at radius 1 is 1.50 bits per heavy atom. The van der Waals surface area contributed by atoms with Crippen molar-refractivity contribution in [2.24, 2.45) is 0 Å². The zero-order chi connectivity index (χ0) is 11.7. The Hall–Kier alpha value is -2.37. The number of carbonyl (C=O) groups excluding carboxylic acids is 1. The van der Waals surface area contributed by atoms with Crippen LogP contribution in [-0.4, -0.2) is 17.9 Å². The van der Waals surface area contributed by atoms with Gasteiger partial charge in [0.2, 0.25) is 0 Å². The van der Waals surface area contributed by atoms with Crippen LogP contribution in [0.2, 0.25) is 0 Å². The minimum absolute atomic E-state index is 0.0645. The predicted octanol–water partition coefficient (Wildman–Crippen LogP) is 1.70. The Balaban J connectivity index is 2.59. The van der Waals surface area contributed by atoms with Crippen molar-refractivity contribution in [1.82, 2.24) is 5.32 Å². The molecule has 0 saturated carbocycles. The summed E-state index contributed by atoms with van der Waals surface area (Å²) in [6.45, 7) is 0. The van der Waals surface area contributed by atoms with Crippen LogP contribution in [0.5, 0.6) is 0 Å². The van der Waals surface area contributed by atoms with Crippen molar-refractivity contribution in [1.29, 1.82) is 0 Å². The minimum atomic E-state index is -0.512. The van der Waals surface area contributed by atoms with Crippen LogP contribution >= 0.6 is 0 Å². The van der Waals surface area contributed by atoms with Crippen LogP contribution in [0, 0.1) is 10.1 Å². The Bertz CT molecular complexity index is 573. The second-order valence-electron chi connectivity index (χ2n) is 3.17. The van der Waals surface area contributed by atoms with E-state index in [4.69, 9.17) is 4.42 Å². The number of non-ortho nitro benzene ring substituents is 1. The summed E-state index contributed by atoms with van der Waals surface area (Å²) < 4.78 is 5.10. The molecule has 6 nitrogen and oxygen atoms in total. The maximum Gasteiger partial charge on any atom is 0.273 e. The molecule has 1 N–H and O–H groups in total. The number of carbonyl (C=O) groups is 1. The van der Waals surface area contributed by atoms with Gasteiger partial charge in [0.1, 0.15) is 11.8 Å². The number of hydrogen-bond acceptors (Lipinski definition) is 4. The molecule has 1 aromatic heterocycles. The van der Waals surface area contributed by atoms with Gasteiger partial charge >= 0.3 is 0 Å². The number of furan rings is 1. The fourth-order valence-corrected chi connectivity index (χ4v) is 1.44. The topological polar surface area (TPSA) is 85.4 Å². The van der Waals surface area contributed by atoms with E-state index in [1.165, 1.54) is 31.5 Å². The van der Waals surface area contributed by atoms with E-state index >= 15 is 0 Å². The van der Waals surface area contributed by atoms with Crippen LogP contribution in [0.15, 0.2) is 28.9 Å². The number of amides is 1. The molecule has 0 bridgehead atoms. The molecule has 0 aliphatic rings. The molecule has 0 aliphatic heterocycles. The third-order valence-electron chi connectivity index (χ3n) is 2.24. The molecular weight excluding hydrogens is 212 g/mol. The fourth-order valence-electron chi connectivity index (χ4n) is 1.44. The van der Waals surface area contributed by atoms with E-state index in [1.807, 2.05) is 0 Å². The van der Waals surface area contributed by atoms with Crippen molar-refractivity contribution in [3.05, 3.63) is 40.1 Å². The summed E-state index contributed by atoms with van der Waals surface area (Å²) in [6, 6.07) is 4.13. The number of nitro groups is 1. The standard InChI is InChI=1S/C10H8N2O4/c1-11-10(13)8-5-16-9-4-6(12(14)15)2-3-7(8)9/h2-5H,1H3,(H,11,13). The van der Waals surface area contributed by atoms with Gasteiger partial charge in [0, 0.05) is 18.5 Å². The molecule has 0 aliphatic carbocycles. The van der Waals surface area contributed by atoms with Gasteiger partial charge in [-0.3, -0.25) is 14.9 Å². The molecule has 1 amide bonds. The predicted molar refractivity (Wildman–Crippen MR) is 56.3 cm³/mol. The van der Waals surface area contributed by atoms with Gasteiger partial charge in [-0.05, 0) is 6.07 Å². The zero-order valence-corrected chi connectivity index (χ0v) is 8.39. The summed E-state index contributed by atoms with van der Waals surface area (Å²) in [5.74, 6) is -0.285. The smallest absolute Gasteiger partial charge is 0.273 e. The third-order valence-corrected chi connectivity index (χ3v) is 2.24. The molecule has 0 radical (unpaired) electrons. The van der Waals surface area contributed by atoms with Gasteiger partial charge in [0.05, 0.1) is 16.6 Å². The first-order valence-corrected chi connectivity index (χ1v) is 4.51. The molecule has 16 heavy (non-hydrogen) atoms. The normalized spacial score (nSPS) is 10.3. The van der Waals surface area contributed by atoms with Crippen LogP contribution in [-0.2, 0) is 0 Å². The van der Waals surface area contributed by atoms with Gasteiger partial charge in [-0.15, -0.1) is 0 Å². The van der Waals surface area contributed by atoms with Gasteiger partial charge < -0.3 is 9.73 Å². The van der Waals surface area contributed by atoms with Gasteiger partial charge in [-0.25, -0.2) is 0 Å². The van der Waals surface area contributed by atoms with E-state index in [-0.39, 0.29) is 11.6 Å². The molecule has 0 fully saturated rings. The first-order valence-electron chi connectivity index (χ1n) is 4.51.